The average Bonchev–Trinajstić information content (AvgIpc) is 2.19. The lowest BCUT2D eigenvalue weighted by atomic mass is 9.83. The van der Waals surface area contributed by atoms with Crippen LogP contribution >= 0.6 is 12.4 Å². The molecule has 2 atom stereocenters. The van der Waals surface area contributed by atoms with Crippen molar-refractivity contribution in [1.29, 1.82) is 0 Å². The van der Waals surface area contributed by atoms with E-state index in [1.807, 2.05) is 0 Å². The molecule has 0 aromatic heterocycles. The molecular formula is C11H20ClF3N2O. The summed E-state index contributed by atoms with van der Waals surface area (Å²) in [5, 5.41) is 2.29. The van der Waals surface area contributed by atoms with Gasteiger partial charge in [0.25, 0.3) is 0 Å². The predicted molar refractivity (Wildman–Crippen MR) is 65.5 cm³/mol. The molecule has 1 fully saturated rings. The molecule has 7 heteroatoms. The number of hydrogen-bond acceptors (Lipinski definition) is 2. The van der Waals surface area contributed by atoms with Crippen molar-refractivity contribution in [3.05, 3.63) is 0 Å². The van der Waals surface area contributed by atoms with E-state index < -0.39 is 12.6 Å². The zero-order valence-electron chi connectivity index (χ0n) is 10.1. The fourth-order valence-electron chi connectivity index (χ4n) is 2.14. The summed E-state index contributed by atoms with van der Waals surface area (Å²) in [7, 11) is 0. The number of carbonyl (C=O) groups is 1. The Morgan fingerprint density at radius 2 is 1.89 bits per heavy atom. The van der Waals surface area contributed by atoms with Crippen molar-refractivity contribution in [1.82, 2.24) is 5.32 Å². The second-order valence-corrected chi connectivity index (χ2v) is 4.63. The van der Waals surface area contributed by atoms with E-state index in [9.17, 15) is 18.0 Å². The van der Waals surface area contributed by atoms with Crippen molar-refractivity contribution >= 4 is 18.3 Å². The van der Waals surface area contributed by atoms with Crippen LogP contribution in [0.2, 0.25) is 0 Å². The lowest BCUT2D eigenvalue weighted by Gasteiger charge is -2.27. The van der Waals surface area contributed by atoms with Gasteiger partial charge in [-0.2, -0.15) is 13.2 Å². The maximum Gasteiger partial charge on any atom is 0.390 e. The minimum Gasteiger partial charge on any atom is -0.356 e. The smallest absolute Gasteiger partial charge is 0.356 e. The number of halogens is 4. The van der Waals surface area contributed by atoms with Crippen molar-refractivity contribution in [3.63, 3.8) is 0 Å². The first kappa shape index (κ1) is 17.5. The molecule has 0 aliphatic heterocycles. The van der Waals surface area contributed by atoms with Crippen LogP contribution in [0.4, 0.5) is 13.2 Å². The molecule has 0 aromatic carbocycles. The van der Waals surface area contributed by atoms with Crippen molar-refractivity contribution < 1.29 is 18.0 Å². The van der Waals surface area contributed by atoms with Gasteiger partial charge in [-0.05, 0) is 18.8 Å². The van der Waals surface area contributed by atoms with Crippen LogP contribution in [0.15, 0.2) is 0 Å². The summed E-state index contributed by atoms with van der Waals surface area (Å²) in [5.74, 6) is -0.203. The summed E-state index contributed by atoms with van der Waals surface area (Å²) in [6.07, 6.45) is -1.01. The Hall–Kier alpha value is -0.490. The molecule has 0 radical (unpaired) electrons. The van der Waals surface area contributed by atoms with Gasteiger partial charge in [-0.3, -0.25) is 4.79 Å². The molecule has 18 heavy (non-hydrogen) atoms. The molecule has 2 unspecified atom stereocenters. The lowest BCUT2D eigenvalue weighted by Crippen LogP contribution is -2.37. The second-order valence-electron chi connectivity index (χ2n) is 4.63. The van der Waals surface area contributed by atoms with Gasteiger partial charge in [0.05, 0.1) is 6.42 Å². The van der Waals surface area contributed by atoms with Gasteiger partial charge in [-0.1, -0.05) is 12.8 Å². The Morgan fingerprint density at radius 3 is 2.44 bits per heavy atom. The molecule has 0 bridgehead atoms. The molecule has 0 heterocycles. The maximum absolute atomic E-state index is 11.9. The summed E-state index contributed by atoms with van der Waals surface area (Å²) in [4.78, 5) is 11.4. The average molecular weight is 289 g/mol. The minimum atomic E-state index is -4.21. The molecule has 1 saturated carbocycles. The van der Waals surface area contributed by atoms with Crippen LogP contribution in [-0.4, -0.2) is 24.7 Å². The Bertz CT molecular complexity index is 261. The fraction of sp³-hybridized carbons (Fsp3) is 0.909. The topological polar surface area (TPSA) is 55.1 Å². The highest BCUT2D eigenvalue weighted by Gasteiger charge is 2.27. The molecule has 1 aliphatic carbocycles. The highest BCUT2D eigenvalue weighted by atomic mass is 35.5. The molecule has 0 spiro atoms. The number of hydrogen-bond donors (Lipinski definition) is 2. The molecule has 3 nitrogen and oxygen atoms in total. The number of carbonyl (C=O) groups excluding carboxylic acids is 1. The van der Waals surface area contributed by atoms with Gasteiger partial charge in [0.2, 0.25) is 5.91 Å². The third kappa shape index (κ3) is 7.06. The van der Waals surface area contributed by atoms with E-state index >= 15 is 0 Å². The molecule has 1 rings (SSSR count). The van der Waals surface area contributed by atoms with Gasteiger partial charge in [0, 0.05) is 19.0 Å². The van der Waals surface area contributed by atoms with E-state index in [0.29, 0.717) is 0 Å². The van der Waals surface area contributed by atoms with Gasteiger partial charge in [0.15, 0.2) is 0 Å². The minimum absolute atomic E-state index is 0. The first-order valence-electron chi connectivity index (χ1n) is 5.97. The largest absolute Gasteiger partial charge is 0.390 e. The van der Waals surface area contributed by atoms with Crippen LogP contribution in [0.5, 0.6) is 0 Å². The summed E-state index contributed by atoms with van der Waals surface area (Å²) < 4.78 is 35.6. The number of amides is 1. The SMILES string of the molecule is Cl.NC1CCCCC1CC(=O)NCCC(F)(F)F. The third-order valence-corrected chi connectivity index (χ3v) is 3.15. The standard InChI is InChI=1S/C11H19F3N2O.ClH/c12-11(13,14)5-6-16-10(17)7-8-3-1-2-4-9(8)15;/h8-9H,1-7,15H2,(H,16,17);1H. The lowest BCUT2D eigenvalue weighted by molar-refractivity contribution is -0.135. The van der Waals surface area contributed by atoms with E-state index in [0.717, 1.165) is 25.7 Å². The molecular weight excluding hydrogens is 269 g/mol. The summed E-state index contributed by atoms with van der Waals surface area (Å²) >= 11 is 0. The number of nitrogens with two attached hydrogens (primary N) is 1. The van der Waals surface area contributed by atoms with Crippen molar-refractivity contribution in [3.8, 4) is 0 Å². The first-order valence-corrected chi connectivity index (χ1v) is 5.97. The Labute approximate surface area is 111 Å². The number of nitrogens with one attached hydrogen (secondary N) is 1. The van der Waals surface area contributed by atoms with E-state index in [1.165, 1.54) is 0 Å². The van der Waals surface area contributed by atoms with Gasteiger partial charge in [0.1, 0.15) is 0 Å². The predicted octanol–water partition coefficient (Wildman–Crippen LogP) is 2.38. The molecule has 0 aromatic rings. The molecule has 1 aliphatic rings. The van der Waals surface area contributed by atoms with E-state index in [4.69, 9.17) is 5.73 Å². The number of rotatable bonds is 4. The fourth-order valence-corrected chi connectivity index (χ4v) is 2.14. The zero-order chi connectivity index (χ0) is 12.9. The third-order valence-electron chi connectivity index (χ3n) is 3.15. The van der Waals surface area contributed by atoms with Crippen molar-refractivity contribution in [2.45, 2.75) is 50.7 Å². The molecule has 108 valence electrons. The molecule has 1 amide bonds. The van der Waals surface area contributed by atoms with E-state index in [-0.39, 0.29) is 43.2 Å². The van der Waals surface area contributed by atoms with Crippen LogP contribution in [-0.2, 0) is 4.79 Å². The van der Waals surface area contributed by atoms with Crippen molar-refractivity contribution in [2.75, 3.05) is 6.54 Å². The summed E-state index contributed by atoms with van der Waals surface area (Å²) in [6, 6.07) is 0.0112. The highest BCUT2D eigenvalue weighted by molar-refractivity contribution is 5.85. The van der Waals surface area contributed by atoms with Gasteiger partial charge in [-0.25, -0.2) is 0 Å². The Morgan fingerprint density at radius 1 is 1.28 bits per heavy atom. The highest BCUT2D eigenvalue weighted by Crippen LogP contribution is 2.25. The second kappa shape index (κ2) is 7.84. The summed E-state index contributed by atoms with van der Waals surface area (Å²) in [6.45, 7) is -0.343. The van der Waals surface area contributed by atoms with Crippen LogP contribution in [0.1, 0.15) is 38.5 Å². The van der Waals surface area contributed by atoms with Gasteiger partial charge < -0.3 is 11.1 Å². The van der Waals surface area contributed by atoms with Gasteiger partial charge in [-0.15, -0.1) is 12.4 Å². The quantitative estimate of drug-likeness (QED) is 0.834. The maximum atomic E-state index is 11.9. The van der Waals surface area contributed by atoms with Crippen LogP contribution in [0.25, 0.3) is 0 Å². The van der Waals surface area contributed by atoms with Gasteiger partial charge >= 0.3 is 6.18 Å². The first-order chi connectivity index (χ1) is 7.88. The van der Waals surface area contributed by atoms with E-state index in [2.05, 4.69) is 5.32 Å². The summed E-state index contributed by atoms with van der Waals surface area (Å²) in [5.41, 5.74) is 5.87. The zero-order valence-corrected chi connectivity index (χ0v) is 10.9. The van der Waals surface area contributed by atoms with Crippen LogP contribution in [0, 0.1) is 5.92 Å². The van der Waals surface area contributed by atoms with Crippen LogP contribution < -0.4 is 11.1 Å². The molecule has 0 saturated heterocycles. The Balaban J connectivity index is 0.00000289. The monoisotopic (exact) mass is 288 g/mol. The number of alkyl halides is 3. The Kier molecular flexibility index (Phi) is 7.62. The van der Waals surface area contributed by atoms with E-state index in [1.54, 1.807) is 0 Å². The van der Waals surface area contributed by atoms with Crippen LogP contribution in [0.3, 0.4) is 0 Å². The van der Waals surface area contributed by atoms with Crippen molar-refractivity contribution in [2.24, 2.45) is 11.7 Å². The molecule has 3 N–H and O–H groups in total. The normalized spacial score (nSPS) is 24.2.